The molecule has 2 aromatic heterocycles. The van der Waals surface area contributed by atoms with Gasteiger partial charge in [-0.05, 0) is 30.3 Å². The number of rotatable bonds is 7. The van der Waals surface area contributed by atoms with Crippen LogP contribution >= 0.6 is 11.3 Å². The molecule has 0 atom stereocenters. The van der Waals surface area contributed by atoms with Crippen molar-refractivity contribution in [2.45, 2.75) is 13.1 Å². The van der Waals surface area contributed by atoms with Crippen molar-refractivity contribution in [3.05, 3.63) is 53.6 Å². The van der Waals surface area contributed by atoms with Crippen LogP contribution in [0.2, 0.25) is 0 Å². The molecule has 5 nitrogen and oxygen atoms in total. The topological polar surface area (TPSA) is 56.5 Å². The number of ether oxygens (including phenoxy) is 2. The van der Waals surface area contributed by atoms with Gasteiger partial charge >= 0.3 is 0 Å². The van der Waals surface area contributed by atoms with E-state index in [0.717, 1.165) is 32.7 Å². The molecule has 0 saturated heterocycles. The Morgan fingerprint density at radius 3 is 2.83 bits per heavy atom. The third-order valence-corrected chi connectivity index (χ3v) is 4.41. The van der Waals surface area contributed by atoms with E-state index in [-0.39, 0.29) is 0 Å². The van der Waals surface area contributed by atoms with Gasteiger partial charge in [0.1, 0.15) is 22.3 Å². The number of methoxy groups -OCH3 is 2. The van der Waals surface area contributed by atoms with Crippen molar-refractivity contribution >= 4 is 11.3 Å². The number of nitrogens with one attached hydrogen (secondary N) is 1. The minimum absolute atomic E-state index is 0.685. The molecule has 6 heteroatoms. The molecule has 0 bridgehead atoms. The Bertz CT molecular complexity index is 753. The van der Waals surface area contributed by atoms with Crippen LogP contribution in [-0.4, -0.2) is 19.2 Å². The number of hydrogen-bond donors (Lipinski definition) is 1. The zero-order chi connectivity index (χ0) is 16.1. The summed E-state index contributed by atoms with van der Waals surface area (Å²) in [5.74, 6) is 2.52. The maximum atomic E-state index is 5.43. The number of hydrogen-bond acceptors (Lipinski definition) is 6. The highest BCUT2D eigenvalue weighted by molar-refractivity contribution is 7.15. The van der Waals surface area contributed by atoms with Crippen LogP contribution in [0.15, 0.2) is 47.2 Å². The fraction of sp³-hybridized carbons (Fsp3) is 0.235. The van der Waals surface area contributed by atoms with Crippen molar-refractivity contribution in [1.29, 1.82) is 0 Å². The van der Waals surface area contributed by atoms with Crippen molar-refractivity contribution in [1.82, 2.24) is 10.3 Å². The Morgan fingerprint density at radius 2 is 2.09 bits per heavy atom. The molecule has 1 N–H and O–H groups in total. The second kappa shape index (κ2) is 7.30. The molecule has 0 radical (unpaired) electrons. The van der Waals surface area contributed by atoms with Gasteiger partial charge in [-0.25, -0.2) is 4.98 Å². The molecule has 0 saturated carbocycles. The Kier molecular flexibility index (Phi) is 4.95. The summed E-state index contributed by atoms with van der Waals surface area (Å²) in [5.41, 5.74) is 0.988. The molecule has 120 valence electrons. The van der Waals surface area contributed by atoms with Gasteiger partial charge in [0, 0.05) is 18.3 Å². The van der Waals surface area contributed by atoms with E-state index in [9.17, 15) is 0 Å². The quantitative estimate of drug-likeness (QED) is 0.716. The van der Waals surface area contributed by atoms with Crippen LogP contribution in [0.25, 0.3) is 10.4 Å². The average Bonchev–Trinajstić information content (AvgIpc) is 3.26. The lowest BCUT2D eigenvalue weighted by Gasteiger charge is -2.08. The summed E-state index contributed by atoms with van der Waals surface area (Å²) in [5, 5.41) is 4.33. The van der Waals surface area contributed by atoms with Crippen LogP contribution in [0, 0.1) is 0 Å². The van der Waals surface area contributed by atoms with E-state index in [1.807, 2.05) is 36.5 Å². The molecule has 0 aliphatic rings. The number of benzene rings is 1. The molecule has 3 aromatic rings. The monoisotopic (exact) mass is 330 g/mol. The smallest absolute Gasteiger partial charge is 0.127 e. The molecule has 3 rings (SSSR count). The summed E-state index contributed by atoms with van der Waals surface area (Å²) in [7, 11) is 3.32. The first-order valence-corrected chi connectivity index (χ1v) is 8.02. The third kappa shape index (κ3) is 3.72. The van der Waals surface area contributed by atoms with Gasteiger partial charge in [0.2, 0.25) is 0 Å². The predicted molar refractivity (Wildman–Crippen MR) is 89.9 cm³/mol. The Hall–Kier alpha value is -2.31. The van der Waals surface area contributed by atoms with E-state index >= 15 is 0 Å². The molecule has 0 unspecified atom stereocenters. The summed E-state index contributed by atoms with van der Waals surface area (Å²) < 4.78 is 16.0. The SMILES string of the molecule is COc1ccc(OC)c(-c2cnc(CNCc3ccco3)s2)c1. The van der Waals surface area contributed by atoms with Crippen LogP contribution in [0.5, 0.6) is 11.5 Å². The van der Waals surface area contributed by atoms with Crippen LogP contribution in [0.4, 0.5) is 0 Å². The second-order valence-corrected chi connectivity index (χ2v) is 5.98. The average molecular weight is 330 g/mol. The molecule has 0 fully saturated rings. The maximum absolute atomic E-state index is 5.43. The van der Waals surface area contributed by atoms with E-state index in [0.29, 0.717) is 13.1 Å². The summed E-state index contributed by atoms with van der Waals surface area (Å²) in [4.78, 5) is 5.52. The lowest BCUT2D eigenvalue weighted by atomic mass is 10.1. The van der Waals surface area contributed by atoms with Gasteiger partial charge in [-0.15, -0.1) is 11.3 Å². The molecular formula is C17H18N2O3S. The molecule has 2 heterocycles. The molecule has 0 aliphatic carbocycles. The Morgan fingerprint density at radius 1 is 1.17 bits per heavy atom. The fourth-order valence-corrected chi connectivity index (χ4v) is 3.14. The van der Waals surface area contributed by atoms with Gasteiger partial charge in [-0.1, -0.05) is 0 Å². The van der Waals surface area contributed by atoms with Crippen molar-refractivity contribution in [3.63, 3.8) is 0 Å². The van der Waals surface area contributed by atoms with E-state index in [1.54, 1.807) is 31.8 Å². The first-order valence-electron chi connectivity index (χ1n) is 7.20. The van der Waals surface area contributed by atoms with Gasteiger partial charge in [0.15, 0.2) is 0 Å². The molecule has 0 spiro atoms. The van der Waals surface area contributed by atoms with E-state index in [2.05, 4.69) is 10.3 Å². The zero-order valence-corrected chi connectivity index (χ0v) is 13.9. The largest absolute Gasteiger partial charge is 0.497 e. The van der Waals surface area contributed by atoms with E-state index in [4.69, 9.17) is 13.9 Å². The predicted octanol–water partition coefficient (Wildman–Crippen LogP) is 3.71. The number of furan rings is 1. The molecular weight excluding hydrogens is 312 g/mol. The molecule has 0 aliphatic heterocycles. The summed E-state index contributed by atoms with van der Waals surface area (Å²) in [6.45, 7) is 1.38. The standard InChI is InChI=1S/C17H18N2O3S/c1-20-12-5-6-15(21-2)14(8-12)16-10-19-17(23-16)11-18-9-13-4-3-7-22-13/h3-8,10,18H,9,11H2,1-2H3. The highest BCUT2D eigenvalue weighted by Gasteiger charge is 2.11. The molecule has 23 heavy (non-hydrogen) atoms. The van der Waals surface area contributed by atoms with E-state index in [1.165, 1.54) is 0 Å². The Labute approximate surface area is 138 Å². The Balaban J connectivity index is 1.71. The van der Waals surface area contributed by atoms with Gasteiger partial charge in [0.25, 0.3) is 0 Å². The normalized spacial score (nSPS) is 10.7. The van der Waals surface area contributed by atoms with Crippen molar-refractivity contribution in [3.8, 4) is 21.9 Å². The zero-order valence-electron chi connectivity index (χ0n) is 13.0. The minimum atomic E-state index is 0.685. The summed E-state index contributed by atoms with van der Waals surface area (Å²) >= 11 is 1.63. The fourth-order valence-electron chi connectivity index (χ4n) is 2.23. The number of nitrogens with zero attached hydrogens (tertiary/aromatic N) is 1. The van der Waals surface area contributed by atoms with Crippen molar-refractivity contribution in [2.24, 2.45) is 0 Å². The lowest BCUT2D eigenvalue weighted by Crippen LogP contribution is -2.11. The van der Waals surface area contributed by atoms with Gasteiger partial charge in [-0.2, -0.15) is 0 Å². The second-order valence-electron chi connectivity index (χ2n) is 4.87. The number of aromatic nitrogens is 1. The van der Waals surface area contributed by atoms with Crippen molar-refractivity contribution < 1.29 is 13.9 Å². The van der Waals surface area contributed by atoms with Crippen LogP contribution < -0.4 is 14.8 Å². The third-order valence-electron chi connectivity index (χ3n) is 3.38. The van der Waals surface area contributed by atoms with Gasteiger partial charge in [-0.3, -0.25) is 0 Å². The first kappa shape index (κ1) is 15.6. The van der Waals surface area contributed by atoms with Gasteiger partial charge in [0.05, 0.1) is 31.9 Å². The maximum Gasteiger partial charge on any atom is 0.127 e. The van der Waals surface area contributed by atoms with Crippen LogP contribution in [0.3, 0.4) is 0 Å². The highest BCUT2D eigenvalue weighted by Crippen LogP contribution is 2.36. The minimum Gasteiger partial charge on any atom is -0.497 e. The molecule has 1 aromatic carbocycles. The highest BCUT2D eigenvalue weighted by atomic mass is 32.1. The number of thiazole rings is 1. The van der Waals surface area contributed by atoms with Crippen LogP contribution in [0.1, 0.15) is 10.8 Å². The van der Waals surface area contributed by atoms with Crippen LogP contribution in [-0.2, 0) is 13.1 Å². The van der Waals surface area contributed by atoms with Gasteiger partial charge < -0.3 is 19.2 Å². The van der Waals surface area contributed by atoms with Crippen molar-refractivity contribution in [2.75, 3.05) is 14.2 Å². The lowest BCUT2D eigenvalue weighted by molar-refractivity contribution is 0.404. The summed E-state index contributed by atoms with van der Waals surface area (Å²) in [6, 6.07) is 9.58. The first-order chi connectivity index (χ1) is 11.3. The summed E-state index contributed by atoms with van der Waals surface area (Å²) in [6.07, 6.45) is 3.54. The molecule has 0 amide bonds. The van der Waals surface area contributed by atoms with E-state index < -0.39 is 0 Å².